The Hall–Kier alpha value is -1.36. The van der Waals surface area contributed by atoms with E-state index in [-0.39, 0.29) is 15.6 Å². The lowest BCUT2D eigenvalue weighted by Crippen LogP contribution is -2.16. The zero-order valence-electron chi connectivity index (χ0n) is 10.5. The monoisotopic (exact) mass is 317 g/mol. The average molecular weight is 318 g/mol. The third kappa shape index (κ3) is 2.73. The second kappa shape index (κ2) is 5.95. The number of methoxy groups -OCH3 is 1. The second-order valence-electron chi connectivity index (χ2n) is 4.12. The molecule has 0 heterocycles. The number of halogens is 4. The van der Waals surface area contributed by atoms with E-state index in [9.17, 15) is 8.78 Å². The standard InChI is InChI=1S/C14H11Cl2F2NO/c1-20-12-6-8(15)7(5-9(12)16)14(19)13-10(17)3-2-4-11(13)18/h2-6,14H,19H2,1H3. The van der Waals surface area contributed by atoms with E-state index >= 15 is 0 Å². The van der Waals surface area contributed by atoms with Crippen LogP contribution in [-0.4, -0.2) is 7.11 Å². The minimum atomic E-state index is -1.06. The molecule has 2 aromatic rings. The van der Waals surface area contributed by atoms with Crippen LogP contribution in [0.25, 0.3) is 0 Å². The van der Waals surface area contributed by atoms with Crippen molar-refractivity contribution in [2.45, 2.75) is 6.04 Å². The van der Waals surface area contributed by atoms with Crippen molar-refractivity contribution in [3.63, 3.8) is 0 Å². The van der Waals surface area contributed by atoms with Crippen LogP contribution in [0.3, 0.4) is 0 Å². The first-order valence-corrected chi connectivity index (χ1v) is 6.43. The molecular formula is C14H11Cl2F2NO. The second-order valence-corrected chi connectivity index (χ2v) is 4.94. The van der Waals surface area contributed by atoms with E-state index in [1.807, 2.05) is 0 Å². The maximum Gasteiger partial charge on any atom is 0.138 e. The third-order valence-corrected chi connectivity index (χ3v) is 3.54. The van der Waals surface area contributed by atoms with Crippen molar-refractivity contribution in [3.05, 3.63) is 63.1 Å². The van der Waals surface area contributed by atoms with Crippen LogP contribution in [0.15, 0.2) is 30.3 Å². The summed E-state index contributed by atoms with van der Waals surface area (Å²) in [4.78, 5) is 0. The van der Waals surface area contributed by atoms with E-state index in [4.69, 9.17) is 33.7 Å². The molecule has 0 aliphatic heterocycles. The molecule has 0 bridgehead atoms. The zero-order valence-corrected chi connectivity index (χ0v) is 12.0. The molecule has 1 atom stereocenters. The van der Waals surface area contributed by atoms with Gasteiger partial charge < -0.3 is 10.5 Å². The molecule has 0 saturated carbocycles. The van der Waals surface area contributed by atoms with E-state index in [0.717, 1.165) is 12.1 Å². The van der Waals surface area contributed by atoms with Gasteiger partial charge in [0.05, 0.1) is 18.2 Å². The summed E-state index contributed by atoms with van der Waals surface area (Å²) in [5.41, 5.74) is 5.98. The van der Waals surface area contributed by atoms with Crippen molar-refractivity contribution in [2.75, 3.05) is 7.11 Å². The van der Waals surface area contributed by atoms with Crippen LogP contribution >= 0.6 is 23.2 Å². The summed E-state index contributed by atoms with van der Waals surface area (Å²) in [6.45, 7) is 0. The molecule has 2 N–H and O–H groups in total. The Bertz CT molecular complexity index is 629. The topological polar surface area (TPSA) is 35.2 Å². The largest absolute Gasteiger partial charge is 0.495 e. The minimum Gasteiger partial charge on any atom is -0.495 e. The van der Waals surface area contributed by atoms with Crippen molar-refractivity contribution in [3.8, 4) is 5.75 Å². The fourth-order valence-corrected chi connectivity index (χ4v) is 2.42. The first-order chi connectivity index (χ1) is 9.45. The van der Waals surface area contributed by atoms with Gasteiger partial charge in [-0.25, -0.2) is 8.78 Å². The number of benzene rings is 2. The summed E-state index contributed by atoms with van der Waals surface area (Å²) >= 11 is 12.1. The Morgan fingerprint density at radius 1 is 1.10 bits per heavy atom. The highest BCUT2D eigenvalue weighted by atomic mass is 35.5. The molecule has 0 aromatic heterocycles. The van der Waals surface area contributed by atoms with Crippen LogP contribution in [0.1, 0.15) is 17.2 Å². The van der Waals surface area contributed by atoms with Crippen LogP contribution in [0.4, 0.5) is 8.78 Å². The van der Waals surface area contributed by atoms with Gasteiger partial charge in [0.15, 0.2) is 0 Å². The predicted octanol–water partition coefficient (Wildman–Crippen LogP) is 4.33. The zero-order chi connectivity index (χ0) is 14.9. The van der Waals surface area contributed by atoms with Crippen molar-refractivity contribution in [2.24, 2.45) is 5.73 Å². The van der Waals surface area contributed by atoms with Gasteiger partial charge in [0.1, 0.15) is 17.4 Å². The van der Waals surface area contributed by atoms with Crippen LogP contribution in [-0.2, 0) is 0 Å². The van der Waals surface area contributed by atoms with Crippen molar-refractivity contribution in [1.82, 2.24) is 0 Å². The van der Waals surface area contributed by atoms with Crippen molar-refractivity contribution in [1.29, 1.82) is 0 Å². The van der Waals surface area contributed by atoms with Crippen LogP contribution in [0.5, 0.6) is 5.75 Å². The van der Waals surface area contributed by atoms with Crippen molar-refractivity contribution >= 4 is 23.2 Å². The summed E-state index contributed by atoms with van der Waals surface area (Å²) in [6, 6.07) is 5.38. The lowest BCUT2D eigenvalue weighted by atomic mass is 9.98. The smallest absolute Gasteiger partial charge is 0.138 e. The SMILES string of the molecule is COc1cc(Cl)c(C(N)c2c(F)cccc2F)cc1Cl. The van der Waals surface area contributed by atoms with Gasteiger partial charge in [0, 0.05) is 16.7 Å². The Morgan fingerprint density at radius 3 is 2.25 bits per heavy atom. The lowest BCUT2D eigenvalue weighted by Gasteiger charge is -2.17. The van der Waals surface area contributed by atoms with Gasteiger partial charge >= 0.3 is 0 Å². The maximum atomic E-state index is 13.7. The number of ether oxygens (including phenoxy) is 1. The quantitative estimate of drug-likeness (QED) is 0.914. The summed E-state index contributed by atoms with van der Waals surface area (Å²) in [6.07, 6.45) is 0. The number of hydrogen-bond acceptors (Lipinski definition) is 2. The van der Waals surface area contributed by atoms with Gasteiger partial charge in [0.2, 0.25) is 0 Å². The molecule has 2 aromatic carbocycles. The highest BCUT2D eigenvalue weighted by Crippen LogP contribution is 2.36. The van der Waals surface area contributed by atoms with Crippen molar-refractivity contribution < 1.29 is 13.5 Å². The molecule has 20 heavy (non-hydrogen) atoms. The van der Waals surface area contributed by atoms with Gasteiger partial charge in [-0.05, 0) is 23.8 Å². The fourth-order valence-electron chi connectivity index (χ4n) is 1.90. The Labute approximate surface area is 125 Å². The molecule has 0 aliphatic rings. The highest BCUT2D eigenvalue weighted by molar-refractivity contribution is 6.34. The van der Waals surface area contributed by atoms with Gasteiger partial charge in [0.25, 0.3) is 0 Å². The van der Waals surface area contributed by atoms with Crippen LogP contribution in [0, 0.1) is 11.6 Å². The molecule has 0 saturated heterocycles. The normalized spacial score (nSPS) is 12.3. The van der Waals surface area contributed by atoms with Gasteiger partial charge in [-0.1, -0.05) is 29.3 Å². The number of hydrogen-bond donors (Lipinski definition) is 1. The third-order valence-electron chi connectivity index (χ3n) is 2.92. The maximum absolute atomic E-state index is 13.7. The number of nitrogens with two attached hydrogens (primary N) is 1. The molecular weight excluding hydrogens is 307 g/mol. The highest BCUT2D eigenvalue weighted by Gasteiger charge is 2.21. The van der Waals surface area contributed by atoms with Gasteiger partial charge in [-0.15, -0.1) is 0 Å². The number of rotatable bonds is 3. The molecule has 106 valence electrons. The first-order valence-electron chi connectivity index (χ1n) is 5.68. The molecule has 0 aliphatic carbocycles. The molecule has 2 nitrogen and oxygen atoms in total. The molecule has 0 amide bonds. The van der Waals surface area contributed by atoms with E-state index in [0.29, 0.717) is 11.3 Å². The Balaban J connectivity index is 2.54. The summed E-state index contributed by atoms with van der Waals surface area (Å²) in [7, 11) is 1.44. The Kier molecular flexibility index (Phi) is 4.48. The minimum absolute atomic E-state index is 0.224. The molecule has 0 radical (unpaired) electrons. The Morgan fingerprint density at radius 2 is 1.70 bits per heavy atom. The van der Waals surface area contributed by atoms with E-state index in [1.54, 1.807) is 0 Å². The molecule has 6 heteroatoms. The van der Waals surface area contributed by atoms with E-state index in [1.165, 1.54) is 25.3 Å². The summed E-state index contributed by atoms with van der Waals surface area (Å²) in [5.74, 6) is -1.11. The molecule has 1 unspecified atom stereocenters. The fraction of sp³-hybridized carbons (Fsp3) is 0.143. The average Bonchev–Trinajstić information content (AvgIpc) is 2.40. The molecule has 0 spiro atoms. The summed E-state index contributed by atoms with van der Waals surface area (Å²) in [5, 5.41) is 0.487. The summed E-state index contributed by atoms with van der Waals surface area (Å²) < 4.78 is 32.5. The lowest BCUT2D eigenvalue weighted by molar-refractivity contribution is 0.415. The van der Waals surface area contributed by atoms with Gasteiger partial charge in [-0.3, -0.25) is 0 Å². The van der Waals surface area contributed by atoms with Crippen LogP contribution in [0.2, 0.25) is 10.0 Å². The molecule has 2 rings (SSSR count). The van der Waals surface area contributed by atoms with Gasteiger partial charge in [-0.2, -0.15) is 0 Å². The molecule has 0 fully saturated rings. The predicted molar refractivity (Wildman–Crippen MR) is 75.4 cm³/mol. The first kappa shape index (κ1) is 15.0. The van der Waals surface area contributed by atoms with E-state index < -0.39 is 17.7 Å². The van der Waals surface area contributed by atoms with Crippen LogP contribution < -0.4 is 10.5 Å². The van der Waals surface area contributed by atoms with E-state index in [2.05, 4.69) is 0 Å².